The van der Waals surface area contributed by atoms with Crippen LogP contribution < -0.4 is 10.2 Å². The highest BCUT2D eigenvalue weighted by Crippen LogP contribution is 2.46. The maximum Gasteiger partial charge on any atom is 0.266 e. The standard InChI is InChI=1S/C31H32N6O2/c1-20-28-27(30(39)34(2)31-33-25-7-3-4-8-26(25)37(28)31)29(32-22-11-15-24(38)16-12-22)36(20)19-21-9-13-23(14-10-21)35-17-5-6-18-35/h5-6,9-18,25-26,32,38H,3-4,7-8,19H2,1-2H3/t25-,26+/m0/s1. The van der Waals surface area contributed by atoms with Gasteiger partial charge in [0.25, 0.3) is 5.91 Å². The summed E-state index contributed by atoms with van der Waals surface area (Å²) in [6, 6.07) is 20.0. The van der Waals surface area contributed by atoms with Gasteiger partial charge in [0.2, 0.25) is 5.96 Å². The molecule has 0 unspecified atom stereocenters. The van der Waals surface area contributed by atoms with E-state index >= 15 is 0 Å². The van der Waals surface area contributed by atoms with Crippen LogP contribution in [0.2, 0.25) is 0 Å². The van der Waals surface area contributed by atoms with Crippen molar-refractivity contribution in [2.75, 3.05) is 17.3 Å². The largest absolute Gasteiger partial charge is 0.508 e. The van der Waals surface area contributed by atoms with Gasteiger partial charge in [-0.2, -0.15) is 0 Å². The van der Waals surface area contributed by atoms with Crippen molar-refractivity contribution in [1.29, 1.82) is 0 Å². The van der Waals surface area contributed by atoms with Gasteiger partial charge >= 0.3 is 0 Å². The van der Waals surface area contributed by atoms with Crippen LogP contribution in [0.25, 0.3) is 5.69 Å². The van der Waals surface area contributed by atoms with E-state index in [1.54, 1.807) is 17.0 Å². The molecule has 4 heterocycles. The van der Waals surface area contributed by atoms with Gasteiger partial charge in [0.1, 0.15) is 17.1 Å². The summed E-state index contributed by atoms with van der Waals surface area (Å²) in [5, 5.41) is 13.4. The quantitative estimate of drug-likeness (QED) is 0.333. The van der Waals surface area contributed by atoms with Crippen molar-refractivity contribution < 1.29 is 9.90 Å². The molecule has 0 saturated heterocycles. The van der Waals surface area contributed by atoms with Gasteiger partial charge in [0.05, 0.1) is 17.8 Å². The van der Waals surface area contributed by atoms with E-state index < -0.39 is 0 Å². The predicted octanol–water partition coefficient (Wildman–Crippen LogP) is 5.66. The minimum absolute atomic E-state index is 0.0512. The van der Waals surface area contributed by atoms with Gasteiger partial charge in [-0.05, 0) is 73.9 Å². The zero-order valence-corrected chi connectivity index (χ0v) is 22.2. The molecule has 2 aliphatic heterocycles. The number of aliphatic imine (C=N–C) groups is 1. The third-order valence-corrected chi connectivity index (χ3v) is 8.38. The van der Waals surface area contributed by atoms with E-state index in [2.05, 4.69) is 50.5 Å². The van der Waals surface area contributed by atoms with Crippen molar-refractivity contribution in [1.82, 2.24) is 14.0 Å². The molecule has 1 fully saturated rings. The summed E-state index contributed by atoms with van der Waals surface area (Å²) in [5.74, 6) is 1.69. The van der Waals surface area contributed by atoms with Crippen LogP contribution in [-0.4, -0.2) is 50.1 Å². The smallest absolute Gasteiger partial charge is 0.266 e. The number of anilines is 3. The third-order valence-electron chi connectivity index (χ3n) is 8.38. The maximum atomic E-state index is 13.9. The second-order valence-corrected chi connectivity index (χ2v) is 10.8. The number of phenols is 1. The lowest BCUT2D eigenvalue weighted by molar-refractivity contribution is 0.0866. The van der Waals surface area contributed by atoms with Gasteiger partial charge < -0.3 is 24.5 Å². The highest BCUT2D eigenvalue weighted by molar-refractivity contribution is 6.22. The molecule has 8 nitrogen and oxygen atoms in total. The van der Waals surface area contributed by atoms with E-state index in [-0.39, 0.29) is 23.7 Å². The summed E-state index contributed by atoms with van der Waals surface area (Å²) >= 11 is 0. The van der Waals surface area contributed by atoms with Crippen LogP contribution in [0, 0.1) is 6.92 Å². The van der Waals surface area contributed by atoms with E-state index in [0.717, 1.165) is 52.9 Å². The molecular weight excluding hydrogens is 488 g/mol. The van der Waals surface area contributed by atoms with E-state index in [4.69, 9.17) is 4.99 Å². The fourth-order valence-electron chi connectivity index (χ4n) is 6.37. The molecule has 2 aromatic heterocycles. The van der Waals surface area contributed by atoms with Crippen LogP contribution in [0.1, 0.15) is 47.3 Å². The number of phenolic OH excluding ortho intramolecular Hbond substituents is 1. The number of hydrogen-bond donors (Lipinski definition) is 2. The van der Waals surface area contributed by atoms with Crippen molar-refractivity contribution in [3.05, 3.63) is 89.9 Å². The lowest BCUT2D eigenvalue weighted by Crippen LogP contribution is -2.52. The Kier molecular flexibility index (Phi) is 5.50. The Labute approximate surface area is 227 Å². The normalized spacial score (nSPS) is 19.9. The molecule has 0 radical (unpaired) electrons. The average Bonchev–Trinajstić information content (AvgIpc) is 3.68. The topological polar surface area (TPSA) is 78.0 Å². The summed E-state index contributed by atoms with van der Waals surface area (Å²) < 4.78 is 4.30. The summed E-state index contributed by atoms with van der Waals surface area (Å²) in [5.41, 5.74) is 5.74. The van der Waals surface area contributed by atoms with E-state index in [1.807, 2.05) is 43.7 Å². The Balaban J connectivity index is 1.35. The Morgan fingerprint density at radius 2 is 1.72 bits per heavy atom. The summed E-state index contributed by atoms with van der Waals surface area (Å²) in [4.78, 5) is 23.0. The highest BCUT2D eigenvalue weighted by Gasteiger charge is 2.48. The number of guanidine groups is 1. The first-order chi connectivity index (χ1) is 19.0. The fourth-order valence-corrected chi connectivity index (χ4v) is 6.37. The number of amides is 1. The van der Waals surface area contributed by atoms with Crippen LogP contribution in [0.3, 0.4) is 0 Å². The molecule has 1 aliphatic carbocycles. The minimum atomic E-state index is -0.0512. The van der Waals surface area contributed by atoms with Gasteiger partial charge in [0.15, 0.2) is 0 Å². The molecular formula is C31H32N6O2. The van der Waals surface area contributed by atoms with Crippen LogP contribution in [0.4, 0.5) is 17.2 Å². The molecule has 4 aromatic rings. The number of carbonyl (C=O) groups excluding carboxylic acids is 1. The molecule has 1 saturated carbocycles. The van der Waals surface area contributed by atoms with Gasteiger partial charge in [0, 0.05) is 43.1 Å². The average molecular weight is 521 g/mol. The molecule has 2 atom stereocenters. The lowest BCUT2D eigenvalue weighted by atomic mass is 9.90. The monoisotopic (exact) mass is 520 g/mol. The van der Waals surface area contributed by atoms with Crippen molar-refractivity contribution in [3.8, 4) is 11.4 Å². The summed E-state index contributed by atoms with van der Waals surface area (Å²) in [6.07, 6.45) is 8.57. The van der Waals surface area contributed by atoms with Crippen molar-refractivity contribution >= 4 is 29.1 Å². The SMILES string of the molecule is Cc1c2c(c(Nc3ccc(O)cc3)n1Cc1ccc(-n3cccc3)cc1)C(=O)N(C)C1=N[C@H]3CCCC[C@H]3N12. The molecule has 0 bridgehead atoms. The van der Waals surface area contributed by atoms with Gasteiger partial charge in [-0.3, -0.25) is 9.69 Å². The van der Waals surface area contributed by atoms with Crippen LogP contribution in [-0.2, 0) is 6.54 Å². The molecule has 2 N–H and O–H groups in total. The maximum absolute atomic E-state index is 13.9. The number of hydrogen-bond acceptors (Lipinski definition) is 5. The molecule has 198 valence electrons. The second-order valence-electron chi connectivity index (χ2n) is 10.8. The Bertz CT molecular complexity index is 1570. The molecule has 8 heteroatoms. The fraction of sp³-hybridized carbons (Fsp3) is 0.290. The lowest BCUT2D eigenvalue weighted by Gasteiger charge is -2.38. The van der Waals surface area contributed by atoms with Crippen molar-refractivity contribution in [3.63, 3.8) is 0 Å². The van der Waals surface area contributed by atoms with Gasteiger partial charge in [-0.1, -0.05) is 25.0 Å². The third kappa shape index (κ3) is 3.81. The first-order valence-electron chi connectivity index (χ1n) is 13.7. The number of nitrogens with one attached hydrogen (secondary N) is 1. The Morgan fingerprint density at radius 3 is 2.46 bits per heavy atom. The zero-order chi connectivity index (χ0) is 26.7. The first-order valence-corrected chi connectivity index (χ1v) is 13.7. The first kappa shape index (κ1) is 23.6. The van der Waals surface area contributed by atoms with Crippen LogP contribution in [0.5, 0.6) is 5.75 Å². The summed E-state index contributed by atoms with van der Waals surface area (Å²) in [6.45, 7) is 2.72. The number of nitrogens with zero attached hydrogens (tertiary/aromatic N) is 5. The van der Waals surface area contributed by atoms with Crippen LogP contribution >= 0.6 is 0 Å². The number of rotatable bonds is 5. The molecule has 1 amide bonds. The van der Waals surface area contributed by atoms with E-state index in [0.29, 0.717) is 12.1 Å². The number of fused-ring (bicyclic) bond motifs is 5. The molecule has 0 spiro atoms. The van der Waals surface area contributed by atoms with Crippen LogP contribution in [0.15, 0.2) is 78.0 Å². The summed E-state index contributed by atoms with van der Waals surface area (Å²) in [7, 11) is 1.84. The van der Waals surface area contributed by atoms with Gasteiger partial charge in [-0.15, -0.1) is 0 Å². The molecule has 7 rings (SSSR count). The molecule has 3 aliphatic rings. The second kappa shape index (κ2) is 9.08. The minimum Gasteiger partial charge on any atom is -0.508 e. The zero-order valence-electron chi connectivity index (χ0n) is 22.2. The number of aromatic hydroxyl groups is 1. The van der Waals surface area contributed by atoms with E-state index in [1.165, 1.54) is 12.8 Å². The van der Waals surface area contributed by atoms with Gasteiger partial charge in [-0.25, -0.2) is 4.99 Å². The molecule has 2 aromatic carbocycles. The Hall–Kier alpha value is -4.46. The van der Waals surface area contributed by atoms with E-state index in [9.17, 15) is 9.90 Å². The highest BCUT2D eigenvalue weighted by atomic mass is 16.3. The van der Waals surface area contributed by atoms with Crippen molar-refractivity contribution in [2.45, 2.75) is 51.2 Å². The number of benzene rings is 2. The van der Waals surface area contributed by atoms with Crippen molar-refractivity contribution in [2.24, 2.45) is 4.99 Å². The Morgan fingerprint density at radius 1 is 1.00 bits per heavy atom. The number of carbonyl (C=O) groups is 1. The number of aromatic nitrogens is 2. The predicted molar refractivity (Wildman–Crippen MR) is 153 cm³/mol. The molecule has 39 heavy (non-hydrogen) atoms.